The predicted octanol–water partition coefficient (Wildman–Crippen LogP) is 4.44. The van der Waals surface area contributed by atoms with Crippen LogP contribution in [0.5, 0.6) is 0 Å². The second-order valence-electron chi connectivity index (χ2n) is 4.72. The zero-order valence-corrected chi connectivity index (χ0v) is 9.43. The summed E-state index contributed by atoms with van der Waals surface area (Å²) in [6.07, 6.45) is 7.13. The summed E-state index contributed by atoms with van der Waals surface area (Å²) < 4.78 is 13.8. The van der Waals surface area contributed by atoms with E-state index in [9.17, 15) is 4.39 Å². The second kappa shape index (κ2) is 4.34. The van der Waals surface area contributed by atoms with E-state index >= 15 is 0 Å². The van der Waals surface area contributed by atoms with Crippen LogP contribution < -0.4 is 0 Å². The minimum atomic E-state index is -0.00662. The third-order valence-corrected chi connectivity index (χ3v) is 3.73. The Morgan fingerprint density at radius 3 is 2.47 bits per heavy atom. The molecule has 1 aliphatic carbocycles. The molecular formula is C14H19F. The molecule has 0 atom stereocenters. The van der Waals surface area contributed by atoms with Gasteiger partial charge in [0.2, 0.25) is 0 Å². The van der Waals surface area contributed by atoms with Gasteiger partial charge in [0.15, 0.2) is 0 Å². The van der Waals surface area contributed by atoms with Gasteiger partial charge in [0, 0.05) is 0 Å². The molecule has 0 aliphatic heterocycles. The molecule has 0 amide bonds. The Labute approximate surface area is 91.5 Å². The molecule has 0 nitrogen and oxygen atoms in total. The van der Waals surface area contributed by atoms with Crippen molar-refractivity contribution in [2.45, 2.75) is 50.9 Å². The maximum absolute atomic E-state index is 13.8. The first kappa shape index (κ1) is 10.7. The Morgan fingerprint density at radius 2 is 1.87 bits per heavy atom. The quantitative estimate of drug-likeness (QED) is 0.686. The molecule has 1 heteroatoms. The molecule has 1 fully saturated rings. The summed E-state index contributed by atoms with van der Waals surface area (Å²) in [6, 6.07) is 7.34. The first-order chi connectivity index (χ1) is 7.28. The molecule has 0 saturated heterocycles. The van der Waals surface area contributed by atoms with Crippen LogP contribution >= 0.6 is 0 Å². The van der Waals surface area contributed by atoms with Gasteiger partial charge >= 0.3 is 0 Å². The molecule has 82 valence electrons. The van der Waals surface area contributed by atoms with Crippen LogP contribution in [0.3, 0.4) is 0 Å². The van der Waals surface area contributed by atoms with Crippen molar-refractivity contribution in [1.29, 1.82) is 0 Å². The van der Waals surface area contributed by atoms with Crippen molar-refractivity contribution in [3.63, 3.8) is 0 Å². The van der Waals surface area contributed by atoms with Crippen LogP contribution in [-0.2, 0) is 5.41 Å². The van der Waals surface area contributed by atoms with E-state index in [1.807, 2.05) is 12.1 Å². The van der Waals surface area contributed by atoms with Crippen LogP contribution in [0, 0.1) is 5.82 Å². The first-order valence-corrected chi connectivity index (χ1v) is 6.03. The molecule has 0 bridgehead atoms. The van der Waals surface area contributed by atoms with Gasteiger partial charge in [0.1, 0.15) is 5.82 Å². The average molecular weight is 206 g/mol. The maximum atomic E-state index is 13.8. The molecule has 1 aliphatic rings. The van der Waals surface area contributed by atoms with E-state index in [4.69, 9.17) is 0 Å². The van der Waals surface area contributed by atoms with E-state index in [1.165, 1.54) is 25.7 Å². The van der Waals surface area contributed by atoms with Crippen LogP contribution in [-0.4, -0.2) is 0 Å². The summed E-state index contributed by atoms with van der Waals surface area (Å²) in [4.78, 5) is 0. The van der Waals surface area contributed by atoms with E-state index in [-0.39, 0.29) is 11.2 Å². The molecule has 0 N–H and O–H groups in total. The summed E-state index contributed by atoms with van der Waals surface area (Å²) in [6.45, 7) is 2.20. The highest BCUT2D eigenvalue weighted by Crippen LogP contribution is 2.45. The third kappa shape index (κ3) is 1.92. The van der Waals surface area contributed by atoms with Gasteiger partial charge in [-0.15, -0.1) is 0 Å². The normalized spacial score (nSPS) is 19.3. The number of hydrogen-bond acceptors (Lipinski definition) is 0. The summed E-state index contributed by atoms with van der Waals surface area (Å²) in [7, 11) is 0. The van der Waals surface area contributed by atoms with Crippen molar-refractivity contribution < 1.29 is 4.39 Å². The Bertz CT molecular complexity index is 324. The zero-order valence-electron chi connectivity index (χ0n) is 9.43. The Hall–Kier alpha value is -0.850. The fourth-order valence-electron chi connectivity index (χ4n) is 3.08. The van der Waals surface area contributed by atoms with Crippen LogP contribution in [0.1, 0.15) is 51.0 Å². The predicted molar refractivity (Wildman–Crippen MR) is 61.5 cm³/mol. The number of hydrogen-bond donors (Lipinski definition) is 0. The molecule has 1 aromatic rings. The van der Waals surface area contributed by atoms with E-state index < -0.39 is 0 Å². The third-order valence-electron chi connectivity index (χ3n) is 3.73. The lowest BCUT2D eigenvalue weighted by molar-refractivity contribution is 0.382. The number of halogens is 1. The summed E-state index contributed by atoms with van der Waals surface area (Å²) in [5.41, 5.74) is 1.12. The highest BCUT2D eigenvalue weighted by Gasteiger charge is 2.36. The lowest BCUT2D eigenvalue weighted by Crippen LogP contribution is -2.23. The van der Waals surface area contributed by atoms with Gasteiger partial charge in [0.05, 0.1) is 0 Å². The van der Waals surface area contributed by atoms with E-state index in [1.54, 1.807) is 12.1 Å². The van der Waals surface area contributed by atoms with Crippen molar-refractivity contribution >= 4 is 0 Å². The van der Waals surface area contributed by atoms with E-state index in [0.29, 0.717) is 0 Å². The molecule has 0 unspecified atom stereocenters. The molecule has 15 heavy (non-hydrogen) atoms. The molecule has 0 spiro atoms. The fraction of sp³-hybridized carbons (Fsp3) is 0.571. The smallest absolute Gasteiger partial charge is 0.126 e. The summed E-state index contributed by atoms with van der Waals surface area (Å²) in [5, 5.41) is 0. The standard InChI is InChI=1S/C14H19F/c1-2-9-14(10-5-6-11-14)12-7-3-4-8-13(12)15/h3-4,7-8H,2,5-6,9-11H2,1H3. The molecule has 0 radical (unpaired) electrons. The van der Waals surface area contributed by atoms with Crippen LogP contribution in [0.25, 0.3) is 0 Å². The van der Waals surface area contributed by atoms with Gasteiger partial charge in [-0.3, -0.25) is 0 Å². The van der Waals surface area contributed by atoms with Crippen LogP contribution in [0.4, 0.5) is 4.39 Å². The van der Waals surface area contributed by atoms with Gasteiger partial charge in [0.25, 0.3) is 0 Å². The lowest BCUT2D eigenvalue weighted by atomic mass is 9.75. The minimum absolute atomic E-state index is 0.00662. The van der Waals surface area contributed by atoms with E-state index in [0.717, 1.165) is 18.4 Å². The van der Waals surface area contributed by atoms with Crippen molar-refractivity contribution in [2.24, 2.45) is 0 Å². The molecule has 1 aromatic carbocycles. The summed E-state index contributed by atoms with van der Waals surface area (Å²) >= 11 is 0. The van der Waals surface area contributed by atoms with Crippen molar-refractivity contribution in [3.05, 3.63) is 35.6 Å². The molecule has 2 rings (SSSR count). The molecule has 0 heterocycles. The Morgan fingerprint density at radius 1 is 1.20 bits per heavy atom. The van der Waals surface area contributed by atoms with Gasteiger partial charge in [-0.05, 0) is 36.3 Å². The first-order valence-electron chi connectivity index (χ1n) is 6.03. The van der Waals surface area contributed by atoms with Crippen LogP contribution in [0.15, 0.2) is 24.3 Å². The number of rotatable bonds is 3. The minimum Gasteiger partial charge on any atom is -0.207 e. The zero-order chi connectivity index (χ0) is 10.7. The van der Waals surface area contributed by atoms with Crippen molar-refractivity contribution in [1.82, 2.24) is 0 Å². The highest BCUT2D eigenvalue weighted by molar-refractivity contribution is 5.28. The van der Waals surface area contributed by atoms with E-state index in [2.05, 4.69) is 6.92 Å². The lowest BCUT2D eigenvalue weighted by Gasteiger charge is -2.29. The summed E-state index contributed by atoms with van der Waals surface area (Å²) in [5.74, 6) is -0.00662. The second-order valence-corrected chi connectivity index (χ2v) is 4.72. The fourth-order valence-corrected chi connectivity index (χ4v) is 3.08. The van der Waals surface area contributed by atoms with Crippen molar-refractivity contribution in [2.75, 3.05) is 0 Å². The van der Waals surface area contributed by atoms with Crippen molar-refractivity contribution in [3.8, 4) is 0 Å². The topological polar surface area (TPSA) is 0 Å². The SMILES string of the molecule is CCCC1(c2ccccc2F)CCCC1. The molecule has 0 aromatic heterocycles. The van der Waals surface area contributed by atoms with Crippen LogP contribution in [0.2, 0.25) is 0 Å². The van der Waals surface area contributed by atoms with Gasteiger partial charge in [-0.1, -0.05) is 44.4 Å². The number of benzene rings is 1. The van der Waals surface area contributed by atoms with Gasteiger partial charge in [-0.25, -0.2) is 4.39 Å². The molecular weight excluding hydrogens is 187 g/mol. The monoisotopic (exact) mass is 206 g/mol. The largest absolute Gasteiger partial charge is 0.207 e. The van der Waals surface area contributed by atoms with Gasteiger partial charge in [-0.2, -0.15) is 0 Å². The average Bonchev–Trinajstić information content (AvgIpc) is 2.69. The maximum Gasteiger partial charge on any atom is 0.126 e. The highest BCUT2D eigenvalue weighted by atomic mass is 19.1. The van der Waals surface area contributed by atoms with Gasteiger partial charge < -0.3 is 0 Å². The Balaban J connectivity index is 2.36. The molecule has 1 saturated carbocycles. The Kier molecular flexibility index (Phi) is 3.08.